The van der Waals surface area contributed by atoms with Crippen LogP contribution in [0.2, 0.25) is 0 Å². The molecule has 0 radical (unpaired) electrons. The zero-order valence-corrected chi connectivity index (χ0v) is 10.9. The Hall–Kier alpha value is -2.37. The number of anilines is 1. The summed E-state index contributed by atoms with van der Waals surface area (Å²) in [6, 6.07) is 3.94. The summed E-state index contributed by atoms with van der Waals surface area (Å²) < 4.78 is 0.886. The van der Waals surface area contributed by atoms with Gasteiger partial charge in [0.1, 0.15) is 0 Å². The number of carbonyl (C=O) groups is 1. The van der Waals surface area contributed by atoms with Crippen LogP contribution in [0.15, 0.2) is 30.7 Å². The summed E-state index contributed by atoms with van der Waals surface area (Å²) in [4.78, 5) is 15.0. The van der Waals surface area contributed by atoms with E-state index >= 15 is 0 Å². The molecule has 6 nitrogen and oxygen atoms in total. The fourth-order valence-corrected chi connectivity index (χ4v) is 1.61. The Kier molecular flexibility index (Phi) is 3.79. The van der Waals surface area contributed by atoms with E-state index in [0.717, 1.165) is 21.6 Å². The summed E-state index contributed by atoms with van der Waals surface area (Å²) in [7, 11) is 0. The van der Waals surface area contributed by atoms with Crippen LogP contribution >= 0.6 is 0 Å². The third kappa shape index (κ3) is 3.31. The quantitative estimate of drug-likeness (QED) is 0.883. The van der Waals surface area contributed by atoms with Gasteiger partial charge < -0.3 is 10.4 Å². The Morgan fingerprint density at radius 2 is 2.21 bits per heavy atom. The second-order valence-electron chi connectivity index (χ2n) is 4.56. The second-order valence-corrected chi connectivity index (χ2v) is 4.56. The molecule has 2 aromatic rings. The van der Waals surface area contributed by atoms with Crippen molar-refractivity contribution in [3.05, 3.63) is 42.0 Å². The van der Waals surface area contributed by atoms with Crippen molar-refractivity contribution in [1.82, 2.24) is 14.8 Å². The molecule has 100 valence electrons. The minimum Gasteiger partial charge on any atom is -0.463 e. The number of aromatic nitrogens is 3. The fraction of sp³-hybridized carbons (Fsp3) is 0.308. The minimum absolute atomic E-state index is 0.405. The number of hydrogen-bond acceptors (Lipinski definition) is 4. The van der Waals surface area contributed by atoms with Crippen LogP contribution in [-0.4, -0.2) is 26.0 Å². The molecule has 2 aromatic heterocycles. The van der Waals surface area contributed by atoms with Crippen molar-refractivity contribution in [3.63, 3.8) is 0 Å². The highest BCUT2D eigenvalue weighted by Gasteiger charge is 2.04. The molecule has 0 fully saturated rings. The third-order valence-corrected chi connectivity index (χ3v) is 2.71. The van der Waals surface area contributed by atoms with Crippen LogP contribution < -0.4 is 5.32 Å². The molecular weight excluding hydrogens is 244 g/mol. The van der Waals surface area contributed by atoms with Crippen molar-refractivity contribution in [2.45, 2.75) is 26.3 Å². The van der Waals surface area contributed by atoms with Crippen molar-refractivity contribution in [3.8, 4) is 0 Å². The highest BCUT2D eigenvalue weighted by molar-refractivity contribution is 5.66. The molecule has 0 aromatic carbocycles. The minimum atomic E-state index is -1.09. The molecule has 0 unspecified atom stereocenters. The van der Waals surface area contributed by atoms with Crippen molar-refractivity contribution < 1.29 is 9.90 Å². The highest BCUT2D eigenvalue weighted by Crippen LogP contribution is 2.14. The largest absolute Gasteiger partial charge is 0.463 e. The Labute approximate surface area is 111 Å². The standard InChI is InChI=1S/C13H16N4O2/c1-9(2)12-4-3-11(7-15-12)14-5-10-6-16-17(8-10)13(18)19/h3-4,6-9,14H,5H2,1-2H3,(H,18,19). The molecule has 19 heavy (non-hydrogen) atoms. The van der Waals surface area contributed by atoms with Crippen molar-refractivity contribution in [2.75, 3.05) is 5.32 Å². The van der Waals surface area contributed by atoms with E-state index < -0.39 is 6.09 Å². The number of pyridine rings is 1. The van der Waals surface area contributed by atoms with E-state index in [1.165, 1.54) is 12.4 Å². The van der Waals surface area contributed by atoms with Gasteiger partial charge in [-0.1, -0.05) is 13.8 Å². The van der Waals surface area contributed by atoms with Gasteiger partial charge in [0.25, 0.3) is 0 Å². The summed E-state index contributed by atoms with van der Waals surface area (Å²) in [6.07, 6.45) is 3.69. The Bertz CT molecular complexity index is 560. The predicted molar refractivity (Wildman–Crippen MR) is 71.3 cm³/mol. The summed E-state index contributed by atoms with van der Waals surface area (Å²) in [5, 5.41) is 15.6. The number of rotatable bonds is 4. The number of nitrogens with zero attached hydrogens (tertiary/aromatic N) is 3. The molecule has 0 bridgehead atoms. The number of carboxylic acid groups (broad SMARTS) is 1. The van der Waals surface area contributed by atoms with E-state index in [9.17, 15) is 4.79 Å². The van der Waals surface area contributed by atoms with Crippen LogP contribution in [0.5, 0.6) is 0 Å². The first-order valence-electron chi connectivity index (χ1n) is 6.03. The van der Waals surface area contributed by atoms with Gasteiger partial charge in [0.15, 0.2) is 0 Å². The van der Waals surface area contributed by atoms with Gasteiger partial charge in [0, 0.05) is 24.0 Å². The van der Waals surface area contributed by atoms with Crippen molar-refractivity contribution >= 4 is 11.8 Å². The maximum absolute atomic E-state index is 10.7. The normalized spacial score (nSPS) is 10.7. The van der Waals surface area contributed by atoms with Gasteiger partial charge in [-0.05, 0) is 18.1 Å². The maximum Gasteiger partial charge on any atom is 0.432 e. The molecule has 2 heterocycles. The number of hydrogen-bond donors (Lipinski definition) is 2. The average Bonchev–Trinajstić information content (AvgIpc) is 2.86. The van der Waals surface area contributed by atoms with E-state index in [-0.39, 0.29) is 0 Å². The molecule has 6 heteroatoms. The molecule has 0 aliphatic carbocycles. The maximum atomic E-state index is 10.7. The molecular formula is C13H16N4O2. The van der Waals surface area contributed by atoms with E-state index in [2.05, 4.69) is 29.2 Å². The summed E-state index contributed by atoms with van der Waals surface area (Å²) in [5.41, 5.74) is 2.74. The second kappa shape index (κ2) is 5.51. The van der Waals surface area contributed by atoms with E-state index in [4.69, 9.17) is 5.11 Å². The SMILES string of the molecule is CC(C)c1ccc(NCc2cnn(C(=O)O)c2)cn1. The van der Waals surface area contributed by atoms with Gasteiger partial charge in [-0.15, -0.1) is 0 Å². The lowest BCUT2D eigenvalue weighted by Crippen LogP contribution is -2.07. The van der Waals surface area contributed by atoms with Crippen LogP contribution in [0.25, 0.3) is 0 Å². The third-order valence-electron chi connectivity index (χ3n) is 2.71. The Morgan fingerprint density at radius 1 is 1.42 bits per heavy atom. The molecule has 0 spiro atoms. The summed E-state index contributed by atoms with van der Waals surface area (Å²) in [6.45, 7) is 4.70. The van der Waals surface area contributed by atoms with Crippen LogP contribution in [0.1, 0.15) is 31.0 Å². The highest BCUT2D eigenvalue weighted by atomic mass is 16.4. The zero-order chi connectivity index (χ0) is 13.8. The first kappa shape index (κ1) is 13.1. The smallest absolute Gasteiger partial charge is 0.432 e. The molecule has 0 amide bonds. The van der Waals surface area contributed by atoms with E-state index in [1.54, 1.807) is 6.20 Å². The zero-order valence-electron chi connectivity index (χ0n) is 10.9. The van der Waals surface area contributed by atoms with Gasteiger partial charge in [0.2, 0.25) is 0 Å². The Balaban J connectivity index is 1.96. The average molecular weight is 260 g/mol. The molecule has 2 rings (SSSR count). The molecule has 0 aliphatic heterocycles. The first-order chi connectivity index (χ1) is 9.06. The van der Waals surface area contributed by atoms with Gasteiger partial charge in [-0.2, -0.15) is 9.78 Å². The molecule has 0 saturated carbocycles. The van der Waals surface area contributed by atoms with Gasteiger partial charge in [0.05, 0.1) is 18.1 Å². The topological polar surface area (TPSA) is 80.0 Å². The van der Waals surface area contributed by atoms with E-state index in [0.29, 0.717) is 12.5 Å². The van der Waals surface area contributed by atoms with Gasteiger partial charge in [-0.3, -0.25) is 4.98 Å². The van der Waals surface area contributed by atoms with Crippen LogP contribution in [0.4, 0.5) is 10.5 Å². The van der Waals surface area contributed by atoms with Crippen LogP contribution in [0, 0.1) is 0 Å². The molecule has 2 N–H and O–H groups in total. The van der Waals surface area contributed by atoms with E-state index in [1.807, 2.05) is 12.1 Å². The lowest BCUT2D eigenvalue weighted by atomic mass is 10.1. The molecule has 0 saturated heterocycles. The fourth-order valence-electron chi connectivity index (χ4n) is 1.61. The van der Waals surface area contributed by atoms with Crippen LogP contribution in [0.3, 0.4) is 0 Å². The first-order valence-corrected chi connectivity index (χ1v) is 6.03. The van der Waals surface area contributed by atoms with Gasteiger partial charge >= 0.3 is 6.09 Å². The van der Waals surface area contributed by atoms with Gasteiger partial charge in [-0.25, -0.2) is 4.79 Å². The Morgan fingerprint density at radius 3 is 2.74 bits per heavy atom. The van der Waals surface area contributed by atoms with Crippen LogP contribution in [-0.2, 0) is 6.54 Å². The molecule has 0 atom stereocenters. The molecule has 0 aliphatic rings. The number of nitrogens with one attached hydrogen (secondary N) is 1. The predicted octanol–water partition coefficient (Wildman–Crippen LogP) is 2.54. The van der Waals surface area contributed by atoms with Crippen molar-refractivity contribution in [2.24, 2.45) is 0 Å². The summed E-state index contributed by atoms with van der Waals surface area (Å²) >= 11 is 0. The lowest BCUT2D eigenvalue weighted by Gasteiger charge is -2.07. The van der Waals surface area contributed by atoms with Crippen molar-refractivity contribution in [1.29, 1.82) is 0 Å². The lowest BCUT2D eigenvalue weighted by molar-refractivity contribution is 0.192. The summed E-state index contributed by atoms with van der Waals surface area (Å²) in [5.74, 6) is 0.405. The monoisotopic (exact) mass is 260 g/mol.